The van der Waals surface area contributed by atoms with Gasteiger partial charge in [-0.3, -0.25) is 0 Å². The van der Waals surface area contributed by atoms with Gasteiger partial charge in [-0.2, -0.15) is 0 Å². The topological polar surface area (TPSA) is 93.6 Å². The normalized spacial score (nSPS) is 11.9. The Bertz CT molecular complexity index is 8890. The first-order valence-corrected chi connectivity index (χ1v) is 41.6. The first-order valence-electron chi connectivity index (χ1n) is 41.6. The highest BCUT2D eigenvalue weighted by atomic mass is 16.4. The number of aromatic nitrogens is 3. The largest absolute Gasteiger partial charge is 0.456 e. The Morgan fingerprint density at radius 2 is 0.398 bits per heavy atom. The molecular weight excluding hydrogens is 1510 g/mol. The van der Waals surface area contributed by atoms with Crippen LogP contribution in [0.5, 0.6) is 0 Å². The minimum Gasteiger partial charge on any atom is -0.456 e. The Morgan fingerprint density at radius 1 is 0.138 bits per heavy atom. The molecule has 18 aromatic carbocycles. The second-order valence-electron chi connectivity index (χ2n) is 31.6. The number of furan rings is 6. The summed E-state index contributed by atoms with van der Waals surface area (Å²) >= 11 is 0. The lowest BCUT2D eigenvalue weighted by molar-refractivity contribution is 0.668. The van der Waals surface area contributed by atoms with Crippen molar-refractivity contribution in [2.75, 3.05) is 0 Å². The molecule has 576 valence electrons. The fourth-order valence-electron chi connectivity index (χ4n) is 19.1. The van der Waals surface area contributed by atoms with Gasteiger partial charge in [-0.25, -0.2) is 0 Å². The van der Waals surface area contributed by atoms with Crippen molar-refractivity contribution in [3.05, 3.63) is 419 Å². The molecule has 0 saturated heterocycles. The van der Waals surface area contributed by atoms with E-state index in [1.807, 2.05) is 36.4 Å². The maximum Gasteiger partial charge on any atom is 0.161 e. The highest BCUT2D eigenvalue weighted by Crippen LogP contribution is 2.49. The molecule has 123 heavy (non-hydrogen) atoms. The van der Waals surface area contributed by atoms with Crippen LogP contribution in [0.1, 0.15) is 0 Å². The fourth-order valence-corrected chi connectivity index (χ4v) is 19.1. The van der Waals surface area contributed by atoms with E-state index in [0.717, 1.165) is 232 Å². The maximum atomic E-state index is 6.53. The summed E-state index contributed by atoms with van der Waals surface area (Å²) in [6, 6.07) is 147. The molecule has 9 aromatic heterocycles. The Labute approximate surface area is 702 Å². The van der Waals surface area contributed by atoms with Crippen LogP contribution in [0.3, 0.4) is 0 Å². The van der Waals surface area contributed by atoms with Gasteiger partial charge in [-0.1, -0.05) is 267 Å². The van der Waals surface area contributed by atoms with Crippen LogP contribution < -0.4 is 0 Å². The average Bonchev–Trinajstić information content (AvgIpc) is 1.57. The van der Waals surface area contributed by atoms with Gasteiger partial charge in [0.2, 0.25) is 0 Å². The molecule has 0 atom stereocenters. The van der Waals surface area contributed by atoms with Gasteiger partial charge in [-0.05, 0) is 213 Å². The van der Waals surface area contributed by atoms with Crippen molar-refractivity contribution in [3.8, 4) is 83.8 Å². The molecule has 0 fully saturated rings. The summed E-state index contributed by atoms with van der Waals surface area (Å²) in [5, 5.41) is 13.5. The molecule has 9 heteroatoms. The van der Waals surface area contributed by atoms with Crippen molar-refractivity contribution in [2.45, 2.75) is 0 Å². The second kappa shape index (κ2) is 28.0. The zero-order valence-corrected chi connectivity index (χ0v) is 66.1. The Kier molecular flexibility index (Phi) is 15.8. The molecule has 0 aliphatic carbocycles. The monoisotopic (exact) mass is 1580 g/mol. The van der Waals surface area contributed by atoms with E-state index in [4.69, 9.17) is 26.5 Å². The molecule has 27 rings (SSSR count). The standard InChI is InChI=1S/3C38H23NO2/c1-2-11-25(12-3-1)39-33-19-8-6-16-31(33)38-36(39)32-23-24(21-22-35(32)41-38)26-13-4-5-14-27(26)29-17-10-18-30-28-15-7-9-20-34(28)40-37(29)30;1-2-10-26(11-3-1)39-33-16-8-6-15-31(33)38-37(39)32-22-24(19-21-35(32)41-38)27-12-4-5-13-28(27)25-18-20-30-29-14-7-9-17-34(29)40-36(30)23-25;1-2-10-26(11-3-1)39-33-16-8-6-15-30(33)38-37(39)32-23-25(19-21-36(32)41-38)28-13-5-4-12-27(28)24-18-20-35-31(22-24)29-14-7-9-17-34(29)40-35/h3*1-23H. The highest BCUT2D eigenvalue weighted by molar-refractivity contribution is 6.21. The number of rotatable bonds is 9. The van der Waals surface area contributed by atoms with Crippen molar-refractivity contribution >= 4 is 165 Å². The Hall–Kier alpha value is -16.6. The minimum absolute atomic E-state index is 0.881. The number of hydrogen-bond acceptors (Lipinski definition) is 6. The summed E-state index contributed by atoms with van der Waals surface area (Å²) in [7, 11) is 0. The fraction of sp³-hybridized carbons (Fsp3) is 0. The maximum absolute atomic E-state index is 6.53. The van der Waals surface area contributed by atoms with Gasteiger partial charge in [0.25, 0.3) is 0 Å². The van der Waals surface area contributed by atoms with E-state index in [2.05, 4.69) is 396 Å². The molecule has 0 amide bonds. The number of para-hydroxylation sites is 10. The van der Waals surface area contributed by atoms with Gasteiger partial charge in [0, 0.05) is 87.3 Å². The number of benzene rings is 18. The van der Waals surface area contributed by atoms with E-state index in [1.54, 1.807) is 0 Å². The van der Waals surface area contributed by atoms with Crippen LogP contribution in [-0.4, -0.2) is 13.7 Å². The van der Waals surface area contributed by atoms with Crippen LogP contribution in [0, 0.1) is 0 Å². The van der Waals surface area contributed by atoms with Crippen LogP contribution in [-0.2, 0) is 0 Å². The van der Waals surface area contributed by atoms with Crippen molar-refractivity contribution in [1.29, 1.82) is 0 Å². The van der Waals surface area contributed by atoms with Crippen molar-refractivity contribution in [1.82, 2.24) is 13.7 Å². The van der Waals surface area contributed by atoms with Crippen molar-refractivity contribution in [3.63, 3.8) is 0 Å². The molecule has 9 heterocycles. The molecule has 0 unspecified atom stereocenters. The number of fused-ring (bicyclic) bond motifs is 24. The van der Waals surface area contributed by atoms with Crippen LogP contribution in [0.4, 0.5) is 0 Å². The van der Waals surface area contributed by atoms with E-state index < -0.39 is 0 Å². The third-order valence-corrected chi connectivity index (χ3v) is 24.7. The van der Waals surface area contributed by atoms with Gasteiger partial charge in [0.05, 0.1) is 16.6 Å². The third-order valence-electron chi connectivity index (χ3n) is 24.7. The van der Waals surface area contributed by atoms with Gasteiger partial charge < -0.3 is 40.2 Å². The lowest BCUT2D eigenvalue weighted by atomic mass is 9.93. The summed E-state index contributed by atoms with van der Waals surface area (Å²) < 4.78 is 45.3. The molecule has 0 saturated carbocycles. The SMILES string of the molecule is c1ccc(-n2c3ccccc3c3oc4ccc(-c5ccccc5-c5ccc6c(c5)oc5ccccc56)cc4c32)cc1.c1ccc(-n2c3ccccc3c3oc4ccc(-c5ccccc5-c5ccc6oc7ccccc7c6c5)cc4c32)cc1.c1ccc(-n2c3ccccc3c3oc4ccc(-c5ccccc5-c5cccc6c5oc5ccccc56)cc4c32)cc1. The minimum atomic E-state index is 0.881. The van der Waals surface area contributed by atoms with Crippen LogP contribution in [0.15, 0.2) is 445 Å². The summed E-state index contributed by atoms with van der Waals surface area (Å²) in [6.45, 7) is 0. The summed E-state index contributed by atoms with van der Waals surface area (Å²) in [4.78, 5) is 0. The molecule has 0 bridgehead atoms. The lowest BCUT2D eigenvalue weighted by Gasteiger charge is -2.11. The molecule has 0 aliphatic heterocycles. The second-order valence-corrected chi connectivity index (χ2v) is 31.6. The van der Waals surface area contributed by atoms with Gasteiger partial charge in [0.1, 0.15) is 66.8 Å². The van der Waals surface area contributed by atoms with Crippen molar-refractivity contribution < 1.29 is 26.5 Å². The van der Waals surface area contributed by atoms with E-state index in [9.17, 15) is 0 Å². The zero-order valence-electron chi connectivity index (χ0n) is 66.1. The van der Waals surface area contributed by atoms with E-state index >= 15 is 0 Å². The Morgan fingerprint density at radius 3 is 0.821 bits per heavy atom. The first-order chi connectivity index (χ1) is 61.0. The molecule has 0 spiro atoms. The smallest absolute Gasteiger partial charge is 0.161 e. The molecule has 0 aliphatic rings. The average molecular weight is 1580 g/mol. The molecule has 0 radical (unpaired) electrons. The zero-order chi connectivity index (χ0) is 80.7. The van der Waals surface area contributed by atoms with Gasteiger partial charge in [-0.15, -0.1) is 0 Å². The highest BCUT2D eigenvalue weighted by Gasteiger charge is 2.26. The lowest BCUT2D eigenvalue weighted by Crippen LogP contribution is -1.93. The Balaban J connectivity index is 0.000000101. The van der Waals surface area contributed by atoms with Crippen LogP contribution in [0.25, 0.3) is 249 Å². The van der Waals surface area contributed by atoms with Crippen LogP contribution in [0.2, 0.25) is 0 Å². The third kappa shape index (κ3) is 11.2. The molecule has 9 nitrogen and oxygen atoms in total. The van der Waals surface area contributed by atoms with Crippen molar-refractivity contribution in [2.24, 2.45) is 0 Å². The van der Waals surface area contributed by atoms with E-state index in [0.29, 0.717) is 0 Å². The van der Waals surface area contributed by atoms with Gasteiger partial charge >= 0.3 is 0 Å². The van der Waals surface area contributed by atoms with E-state index in [-0.39, 0.29) is 0 Å². The quantitative estimate of drug-likeness (QED) is 0.143. The summed E-state index contributed by atoms with van der Waals surface area (Å²) in [6.07, 6.45) is 0. The molecule has 27 aromatic rings. The van der Waals surface area contributed by atoms with Gasteiger partial charge in [0.15, 0.2) is 16.7 Å². The predicted molar refractivity (Wildman–Crippen MR) is 506 cm³/mol. The number of hydrogen-bond donors (Lipinski definition) is 0. The molecule has 0 N–H and O–H groups in total. The summed E-state index contributed by atoms with van der Waals surface area (Å²) in [5.74, 6) is 0. The van der Waals surface area contributed by atoms with E-state index in [1.165, 1.54) is 16.7 Å². The number of nitrogens with zero attached hydrogens (tertiary/aromatic N) is 3. The van der Waals surface area contributed by atoms with Crippen LogP contribution >= 0.6 is 0 Å². The summed E-state index contributed by atoms with van der Waals surface area (Å²) in [5.41, 5.74) is 34.7. The molecular formula is C114H69N3O6. The predicted octanol–water partition coefficient (Wildman–Crippen LogP) is 32.3. The first kappa shape index (κ1) is 69.5.